The lowest BCUT2D eigenvalue weighted by molar-refractivity contribution is 0.419. The largest absolute Gasteiger partial charge is 0.308 e. The number of benzene rings is 3. The summed E-state index contributed by atoms with van der Waals surface area (Å²) >= 11 is 0. The third-order valence-electron chi connectivity index (χ3n) is 6.95. The van der Waals surface area contributed by atoms with E-state index in [0.717, 1.165) is 60.0 Å². The van der Waals surface area contributed by atoms with E-state index in [0.29, 0.717) is 4.90 Å². The minimum atomic E-state index is -3.79. The lowest BCUT2D eigenvalue weighted by Gasteiger charge is -2.30. The zero-order chi connectivity index (χ0) is 26.3. The summed E-state index contributed by atoms with van der Waals surface area (Å²) in [7, 11) is -3.79. The highest BCUT2D eigenvalue weighted by molar-refractivity contribution is 7.89. The SMILES string of the molecule is Cc1cc(C)c(S(=O)(=O)NC(c2ccccc2)C(NCCCC2=CC=CCC2)c2ccccc2)c(C)c1. The molecule has 0 fully saturated rings. The van der Waals surface area contributed by atoms with Crippen molar-refractivity contribution in [3.8, 4) is 0 Å². The summed E-state index contributed by atoms with van der Waals surface area (Å²) in [6.07, 6.45) is 10.9. The van der Waals surface area contributed by atoms with Gasteiger partial charge < -0.3 is 5.32 Å². The van der Waals surface area contributed by atoms with E-state index in [1.165, 1.54) is 5.57 Å². The van der Waals surface area contributed by atoms with Gasteiger partial charge in [0, 0.05) is 0 Å². The van der Waals surface area contributed by atoms with Crippen LogP contribution in [0.3, 0.4) is 0 Å². The zero-order valence-electron chi connectivity index (χ0n) is 22.1. The van der Waals surface area contributed by atoms with Gasteiger partial charge in [0.2, 0.25) is 10.0 Å². The second-order valence-electron chi connectivity index (χ2n) is 9.98. The van der Waals surface area contributed by atoms with E-state index in [1.807, 2.05) is 81.4 Å². The Bertz CT molecular complexity index is 1320. The van der Waals surface area contributed by atoms with E-state index < -0.39 is 16.1 Å². The molecule has 0 amide bonds. The number of rotatable bonds is 11. The quantitative estimate of drug-likeness (QED) is 0.270. The maximum absolute atomic E-state index is 13.9. The Balaban J connectivity index is 1.65. The highest BCUT2D eigenvalue weighted by atomic mass is 32.2. The summed E-state index contributed by atoms with van der Waals surface area (Å²) in [6.45, 7) is 6.52. The van der Waals surface area contributed by atoms with Crippen molar-refractivity contribution in [2.45, 2.75) is 63.4 Å². The van der Waals surface area contributed by atoms with Crippen LogP contribution in [-0.4, -0.2) is 15.0 Å². The summed E-state index contributed by atoms with van der Waals surface area (Å²) in [5.41, 5.74) is 6.03. The van der Waals surface area contributed by atoms with Crippen molar-refractivity contribution in [2.75, 3.05) is 6.54 Å². The van der Waals surface area contributed by atoms with E-state index in [4.69, 9.17) is 0 Å². The first-order valence-electron chi connectivity index (χ1n) is 13.1. The summed E-state index contributed by atoms with van der Waals surface area (Å²) in [5.74, 6) is 0. The molecule has 2 N–H and O–H groups in total. The Kier molecular flexibility index (Phi) is 9.14. The molecule has 194 valence electrons. The molecule has 0 spiro atoms. The second kappa shape index (κ2) is 12.5. The highest BCUT2D eigenvalue weighted by Gasteiger charge is 2.31. The van der Waals surface area contributed by atoms with Crippen molar-refractivity contribution in [2.24, 2.45) is 0 Å². The van der Waals surface area contributed by atoms with E-state index >= 15 is 0 Å². The molecule has 0 bridgehead atoms. The van der Waals surface area contributed by atoms with Gasteiger partial charge in [-0.2, -0.15) is 0 Å². The minimum absolute atomic E-state index is 0.232. The molecule has 4 rings (SSSR count). The maximum atomic E-state index is 13.9. The number of aryl methyl sites for hydroxylation is 3. The van der Waals surface area contributed by atoms with Gasteiger partial charge in [-0.1, -0.05) is 102 Å². The van der Waals surface area contributed by atoms with Crippen molar-refractivity contribution >= 4 is 10.0 Å². The number of nitrogens with one attached hydrogen (secondary N) is 2. The van der Waals surface area contributed by atoms with Crippen LogP contribution in [-0.2, 0) is 10.0 Å². The monoisotopic (exact) mass is 514 g/mol. The summed E-state index contributed by atoms with van der Waals surface area (Å²) in [6, 6.07) is 23.2. The molecule has 2 unspecified atom stereocenters. The molecule has 5 heteroatoms. The van der Waals surface area contributed by atoms with Gasteiger partial charge in [0.15, 0.2) is 0 Å². The average molecular weight is 515 g/mol. The lowest BCUT2D eigenvalue weighted by atomic mass is 9.93. The molecule has 2 atom stereocenters. The molecule has 1 aliphatic rings. The van der Waals surface area contributed by atoms with E-state index in [9.17, 15) is 8.42 Å². The molecule has 0 saturated carbocycles. The van der Waals surface area contributed by atoms with Gasteiger partial charge in [0.25, 0.3) is 0 Å². The summed E-state index contributed by atoms with van der Waals surface area (Å²) in [5, 5.41) is 3.71. The lowest BCUT2D eigenvalue weighted by Crippen LogP contribution is -2.39. The van der Waals surface area contributed by atoms with Crippen LogP contribution in [0.15, 0.2) is 101 Å². The number of hydrogen-bond acceptors (Lipinski definition) is 3. The van der Waals surface area contributed by atoms with Crippen molar-refractivity contribution in [1.29, 1.82) is 0 Å². The fourth-order valence-corrected chi connectivity index (χ4v) is 7.02. The van der Waals surface area contributed by atoms with Crippen molar-refractivity contribution in [1.82, 2.24) is 10.0 Å². The van der Waals surface area contributed by atoms with E-state index in [-0.39, 0.29) is 6.04 Å². The van der Waals surface area contributed by atoms with Crippen LogP contribution in [0.4, 0.5) is 0 Å². The molecule has 1 aliphatic carbocycles. The molecular formula is C32H38N2O2S. The molecule has 0 saturated heterocycles. The van der Waals surface area contributed by atoms with Crippen LogP contribution in [0.5, 0.6) is 0 Å². The predicted molar refractivity (Wildman–Crippen MR) is 153 cm³/mol. The first-order valence-corrected chi connectivity index (χ1v) is 14.6. The average Bonchev–Trinajstić information content (AvgIpc) is 2.88. The van der Waals surface area contributed by atoms with Gasteiger partial charge in [-0.25, -0.2) is 13.1 Å². The molecule has 0 aliphatic heterocycles. The second-order valence-corrected chi connectivity index (χ2v) is 11.6. The van der Waals surface area contributed by atoms with Crippen LogP contribution in [0, 0.1) is 20.8 Å². The van der Waals surface area contributed by atoms with Gasteiger partial charge in [0.05, 0.1) is 17.0 Å². The third-order valence-corrected chi connectivity index (χ3v) is 8.69. The molecule has 3 aromatic carbocycles. The molecule has 0 heterocycles. The Morgan fingerprint density at radius 1 is 0.838 bits per heavy atom. The third kappa shape index (κ3) is 7.07. The first-order chi connectivity index (χ1) is 17.8. The Hall–Kier alpha value is -2.99. The van der Waals surface area contributed by atoms with Crippen molar-refractivity contribution in [3.05, 3.63) is 124 Å². The van der Waals surface area contributed by atoms with Gasteiger partial charge >= 0.3 is 0 Å². The van der Waals surface area contributed by atoms with Gasteiger partial charge in [-0.05, 0) is 75.3 Å². The van der Waals surface area contributed by atoms with Gasteiger partial charge in [-0.15, -0.1) is 0 Å². The number of hydrogen-bond donors (Lipinski definition) is 2. The summed E-state index contributed by atoms with van der Waals surface area (Å²) in [4.78, 5) is 0.364. The van der Waals surface area contributed by atoms with E-state index in [1.54, 1.807) is 0 Å². The maximum Gasteiger partial charge on any atom is 0.241 e. The Morgan fingerprint density at radius 3 is 2.00 bits per heavy atom. The first kappa shape index (κ1) is 27.1. The molecule has 3 aromatic rings. The summed E-state index contributed by atoms with van der Waals surface area (Å²) < 4.78 is 30.9. The topological polar surface area (TPSA) is 58.2 Å². The molecule has 37 heavy (non-hydrogen) atoms. The Labute approximate surface area is 222 Å². The van der Waals surface area contributed by atoms with Gasteiger partial charge in [-0.3, -0.25) is 0 Å². The molecule has 0 aromatic heterocycles. The highest BCUT2D eigenvalue weighted by Crippen LogP contribution is 2.32. The number of sulfonamides is 1. The van der Waals surface area contributed by atoms with Crippen LogP contribution >= 0.6 is 0 Å². The standard InChI is InChI=1S/C32H38N2O2S/c1-24-22-25(2)32(26(3)23-24)37(35,36)34-31(29-19-11-6-12-20-29)30(28-17-9-5-10-18-28)33-21-13-16-27-14-7-4-8-15-27/h4-7,9-12,14,17-20,22-23,30-31,33-34H,8,13,15-16,21H2,1-3H3. The minimum Gasteiger partial charge on any atom is -0.308 e. The van der Waals surface area contributed by atoms with Crippen LogP contribution < -0.4 is 10.0 Å². The van der Waals surface area contributed by atoms with Crippen LogP contribution in [0.25, 0.3) is 0 Å². The van der Waals surface area contributed by atoms with Crippen molar-refractivity contribution < 1.29 is 8.42 Å². The molecule has 0 radical (unpaired) electrons. The zero-order valence-corrected chi connectivity index (χ0v) is 22.9. The molecule has 4 nitrogen and oxygen atoms in total. The normalized spacial score (nSPS) is 15.3. The van der Waals surface area contributed by atoms with Gasteiger partial charge in [0.1, 0.15) is 0 Å². The smallest absolute Gasteiger partial charge is 0.241 e. The van der Waals surface area contributed by atoms with Crippen LogP contribution in [0.2, 0.25) is 0 Å². The van der Waals surface area contributed by atoms with Crippen LogP contribution in [0.1, 0.15) is 65.6 Å². The van der Waals surface area contributed by atoms with Crippen molar-refractivity contribution in [3.63, 3.8) is 0 Å². The fraction of sp³-hybridized carbons (Fsp3) is 0.312. The fourth-order valence-electron chi connectivity index (χ4n) is 5.33. The Morgan fingerprint density at radius 2 is 1.43 bits per heavy atom. The number of allylic oxidation sites excluding steroid dienone is 4. The van der Waals surface area contributed by atoms with E-state index in [2.05, 4.69) is 40.4 Å². The molecular weight excluding hydrogens is 476 g/mol. The predicted octanol–water partition coefficient (Wildman–Crippen LogP) is 7.02.